The minimum absolute atomic E-state index is 0.138. The number of benzene rings is 1. The molecule has 0 spiro atoms. The number of nitro benzene ring substituents is 1. The van der Waals surface area contributed by atoms with Crippen molar-refractivity contribution in [1.82, 2.24) is 0 Å². The van der Waals surface area contributed by atoms with Gasteiger partial charge in [-0.05, 0) is 19.1 Å². The standard InChI is InChI=1S/C11H13FN2O4/c1-2-18-6-5-11(15)13-8-3-4-9(12)10(7-8)14(16)17/h3-4,7H,2,5-6H2,1H3,(H,13,15). The van der Waals surface area contributed by atoms with Crippen molar-refractivity contribution in [3.63, 3.8) is 0 Å². The van der Waals surface area contributed by atoms with E-state index in [-0.39, 0.29) is 24.6 Å². The number of nitro groups is 1. The van der Waals surface area contributed by atoms with Crippen LogP contribution in [0.15, 0.2) is 18.2 Å². The quantitative estimate of drug-likeness (QED) is 0.480. The number of hydrogen-bond acceptors (Lipinski definition) is 4. The van der Waals surface area contributed by atoms with Gasteiger partial charge in [-0.15, -0.1) is 0 Å². The molecule has 1 aromatic rings. The Morgan fingerprint density at radius 2 is 2.28 bits per heavy atom. The maximum absolute atomic E-state index is 13.0. The van der Waals surface area contributed by atoms with Gasteiger partial charge in [-0.1, -0.05) is 0 Å². The second-order valence-corrected chi connectivity index (χ2v) is 3.42. The molecule has 6 nitrogen and oxygen atoms in total. The van der Waals surface area contributed by atoms with Crippen LogP contribution in [0.3, 0.4) is 0 Å². The van der Waals surface area contributed by atoms with Gasteiger partial charge < -0.3 is 10.1 Å². The van der Waals surface area contributed by atoms with E-state index in [1.807, 2.05) is 0 Å². The molecule has 0 saturated carbocycles. The van der Waals surface area contributed by atoms with Crippen LogP contribution in [0.4, 0.5) is 15.8 Å². The molecule has 1 aromatic carbocycles. The lowest BCUT2D eigenvalue weighted by molar-refractivity contribution is -0.387. The van der Waals surface area contributed by atoms with E-state index < -0.39 is 16.4 Å². The number of hydrogen-bond donors (Lipinski definition) is 1. The summed E-state index contributed by atoms with van der Waals surface area (Å²) in [5.74, 6) is -1.28. The van der Waals surface area contributed by atoms with Crippen LogP contribution >= 0.6 is 0 Å². The Hall–Kier alpha value is -2.02. The first-order chi connectivity index (χ1) is 8.54. The molecule has 18 heavy (non-hydrogen) atoms. The molecule has 0 aliphatic carbocycles. The summed E-state index contributed by atoms with van der Waals surface area (Å²) in [5, 5.41) is 12.9. The number of nitrogens with one attached hydrogen (secondary N) is 1. The molecule has 98 valence electrons. The summed E-state index contributed by atoms with van der Waals surface area (Å²) >= 11 is 0. The van der Waals surface area contributed by atoms with Crippen molar-refractivity contribution in [2.24, 2.45) is 0 Å². The Labute approximate surface area is 103 Å². The highest BCUT2D eigenvalue weighted by Crippen LogP contribution is 2.21. The lowest BCUT2D eigenvalue weighted by atomic mass is 10.2. The molecule has 0 heterocycles. The van der Waals surface area contributed by atoms with Gasteiger partial charge in [0.25, 0.3) is 0 Å². The third-order valence-corrected chi connectivity index (χ3v) is 2.10. The Kier molecular flexibility index (Phi) is 5.19. The molecule has 7 heteroatoms. The summed E-state index contributed by atoms with van der Waals surface area (Å²) in [6.45, 7) is 2.59. The summed E-state index contributed by atoms with van der Waals surface area (Å²) in [4.78, 5) is 21.1. The van der Waals surface area contributed by atoms with Crippen LogP contribution in [0.1, 0.15) is 13.3 Å². The molecule has 0 aromatic heterocycles. The van der Waals surface area contributed by atoms with Gasteiger partial charge in [-0.25, -0.2) is 0 Å². The van der Waals surface area contributed by atoms with Gasteiger partial charge >= 0.3 is 5.69 Å². The molecule has 0 radical (unpaired) electrons. The predicted octanol–water partition coefficient (Wildman–Crippen LogP) is 2.10. The van der Waals surface area contributed by atoms with Crippen molar-refractivity contribution < 1.29 is 18.8 Å². The highest BCUT2D eigenvalue weighted by atomic mass is 19.1. The monoisotopic (exact) mass is 256 g/mol. The van der Waals surface area contributed by atoms with E-state index in [9.17, 15) is 19.3 Å². The van der Waals surface area contributed by atoms with E-state index in [1.54, 1.807) is 6.92 Å². The molecule has 0 fully saturated rings. The van der Waals surface area contributed by atoms with Gasteiger partial charge in [0, 0.05) is 18.4 Å². The van der Waals surface area contributed by atoms with Gasteiger partial charge in [-0.2, -0.15) is 4.39 Å². The van der Waals surface area contributed by atoms with Crippen molar-refractivity contribution in [2.75, 3.05) is 18.5 Å². The van der Waals surface area contributed by atoms with Crippen molar-refractivity contribution in [2.45, 2.75) is 13.3 Å². The normalized spacial score (nSPS) is 10.1. The maximum Gasteiger partial charge on any atom is 0.306 e. The lowest BCUT2D eigenvalue weighted by Crippen LogP contribution is -2.14. The molecule has 0 bridgehead atoms. The lowest BCUT2D eigenvalue weighted by Gasteiger charge is -2.05. The number of halogens is 1. The minimum atomic E-state index is -0.938. The van der Waals surface area contributed by atoms with Crippen molar-refractivity contribution in [3.8, 4) is 0 Å². The second kappa shape index (κ2) is 6.65. The topological polar surface area (TPSA) is 81.5 Å². The van der Waals surface area contributed by atoms with Crippen molar-refractivity contribution >= 4 is 17.3 Å². The Morgan fingerprint density at radius 1 is 1.56 bits per heavy atom. The van der Waals surface area contributed by atoms with Gasteiger partial charge in [0.15, 0.2) is 0 Å². The van der Waals surface area contributed by atoms with Crippen LogP contribution in [0.5, 0.6) is 0 Å². The van der Waals surface area contributed by atoms with Crippen molar-refractivity contribution in [3.05, 3.63) is 34.1 Å². The second-order valence-electron chi connectivity index (χ2n) is 3.42. The molecule has 1 N–H and O–H groups in total. The highest BCUT2D eigenvalue weighted by molar-refractivity contribution is 5.91. The minimum Gasteiger partial charge on any atom is -0.381 e. The summed E-state index contributed by atoms with van der Waals surface area (Å²) in [6, 6.07) is 3.19. The maximum atomic E-state index is 13.0. The van der Waals surface area contributed by atoms with E-state index in [4.69, 9.17) is 4.74 Å². The number of carbonyl (C=O) groups is 1. The van der Waals surface area contributed by atoms with Gasteiger partial charge in [0.1, 0.15) is 0 Å². The summed E-state index contributed by atoms with van der Waals surface area (Å²) in [6.07, 6.45) is 0.138. The molecule has 1 amide bonds. The van der Waals surface area contributed by atoms with Gasteiger partial charge in [0.2, 0.25) is 11.7 Å². The van der Waals surface area contributed by atoms with Crippen molar-refractivity contribution in [1.29, 1.82) is 0 Å². The van der Waals surface area contributed by atoms with Crippen LogP contribution < -0.4 is 5.32 Å². The molecule has 0 saturated heterocycles. The van der Waals surface area contributed by atoms with E-state index in [0.29, 0.717) is 6.61 Å². The van der Waals surface area contributed by atoms with Crippen LogP contribution in [0, 0.1) is 15.9 Å². The Balaban J connectivity index is 2.65. The van der Waals surface area contributed by atoms with Crippen LogP contribution in [0.2, 0.25) is 0 Å². The van der Waals surface area contributed by atoms with Gasteiger partial charge in [-0.3, -0.25) is 14.9 Å². The first-order valence-electron chi connectivity index (χ1n) is 5.36. The predicted molar refractivity (Wildman–Crippen MR) is 62.8 cm³/mol. The number of rotatable bonds is 6. The molecule has 0 aliphatic rings. The number of anilines is 1. The van der Waals surface area contributed by atoms with E-state index in [0.717, 1.165) is 12.1 Å². The fourth-order valence-corrected chi connectivity index (χ4v) is 1.26. The summed E-state index contributed by atoms with van der Waals surface area (Å²) in [7, 11) is 0. The fraction of sp³-hybridized carbons (Fsp3) is 0.364. The molecular weight excluding hydrogens is 243 g/mol. The fourth-order valence-electron chi connectivity index (χ4n) is 1.26. The highest BCUT2D eigenvalue weighted by Gasteiger charge is 2.15. The summed E-state index contributed by atoms with van der Waals surface area (Å²) < 4.78 is 18.0. The average Bonchev–Trinajstić information content (AvgIpc) is 2.31. The number of ether oxygens (including phenoxy) is 1. The van der Waals surface area contributed by atoms with E-state index >= 15 is 0 Å². The first-order valence-corrected chi connectivity index (χ1v) is 5.36. The van der Waals surface area contributed by atoms with Crippen LogP contribution in [0.25, 0.3) is 0 Å². The van der Waals surface area contributed by atoms with E-state index in [2.05, 4.69) is 5.32 Å². The SMILES string of the molecule is CCOCCC(=O)Nc1ccc(F)c([N+](=O)[O-])c1. The number of amides is 1. The molecular formula is C11H13FN2O4. The van der Waals surface area contributed by atoms with E-state index in [1.165, 1.54) is 6.07 Å². The molecule has 0 unspecified atom stereocenters. The molecule has 1 rings (SSSR count). The van der Waals surface area contributed by atoms with Crippen LogP contribution in [-0.2, 0) is 9.53 Å². The van der Waals surface area contributed by atoms with Crippen LogP contribution in [-0.4, -0.2) is 24.0 Å². The average molecular weight is 256 g/mol. The largest absolute Gasteiger partial charge is 0.381 e. The summed E-state index contributed by atoms with van der Waals surface area (Å²) in [5.41, 5.74) is -0.484. The zero-order chi connectivity index (χ0) is 13.5. The van der Waals surface area contributed by atoms with Gasteiger partial charge in [0.05, 0.1) is 18.0 Å². The number of nitrogens with zero attached hydrogens (tertiary/aromatic N) is 1. The first kappa shape index (κ1) is 14.0. The smallest absolute Gasteiger partial charge is 0.306 e. The third kappa shape index (κ3) is 4.10. The zero-order valence-electron chi connectivity index (χ0n) is 9.81. The number of carbonyl (C=O) groups excluding carboxylic acids is 1. The molecule has 0 aliphatic heterocycles. The Bertz CT molecular complexity index is 451. The zero-order valence-corrected chi connectivity index (χ0v) is 9.81. The Morgan fingerprint density at radius 3 is 2.89 bits per heavy atom. The third-order valence-electron chi connectivity index (χ3n) is 2.10. The molecule has 0 atom stereocenters.